The first kappa shape index (κ1) is 17.8. The quantitative estimate of drug-likeness (QED) is 0.814. The third-order valence-corrected chi connectivity index (χ3v) is 5.66. The summed E-state index contributed by atoms with van der Waals surface area (Å²) in [6, 6.07) is 10.0. The molecule has 6 heteroatoms. The van der Waals surface area contributed by atoms with Crippen molar-refractivity contribution in [1.29, 1.82) is 0 Å². The lowest BCUT2D eigenvalue weighted by molar-refractivity contribution is -0.137. The molecule has 2 amide bonds. The number of rotatable bonds is 5. The zero-order valence-electron chi connectivity index (χ0n) is 15.7. The van der Waals surface area contributed by atoms with E-state index in [0.29, 0.717) is 19.5 Å². The van der Waals surface area contributed by atoms with Gasteiger partial charge >= 0.3 is 0 Å². The highest BCUT2D eigenvalue weighted by molar-refractivity contribution is 5.86. The molecule has 1 saturated heterocycles. The molecule has 1 aromatic carbocycles. The van der Waals surface area contributed by atoms with E-state index in [1.165, 1.54) is 5.56 Å². The summed E-state index contributed by atoms with van der Waals surface area (Å²) in [4.78, 5) is 28.3. The fourth-order valence-electron chi connectivity index (χ4n) is 4.04. The Bertz CT molecular complexity index is 830. The van der Waals surface area contributed by atoms with Gasteiger partial charge in [-0.25, -0.2) is 0 Å². The van der Waals surface area contributed by atoms with Crippen molar-refractivity contribution in [3.05, 3.63) is 52.9 Å². The van der Waals surface area contributed by atoms with Gasteiger partial charge in [-0.1, -0.05) is 35.5 Å². The largest absolute Gasteiger partial charge is 0.361 e. The van der Waals surface area contributed by atoms with E-state index in [4.69, 9.17) is 4.52 Å². The molecule has 1 fully saturated rings. The van der Waals surface area contributed by atoms with Crippen molar-refractivity contribution in [2.45, 2.75) is 44.6 Å². The molecule has 0 saturated carbocycles. The summed E-state index contributed by atoms with van der Waals surface area (Å²) in [5.41, 5.74) is 3.18. The third kappa shape index (κ3) is 3.75. The van der Waals surface area contributed by atoms with E-state index in [9.17, 15) is 9.59 Å². The second kappa shape index (κ2) is 7.55. The molecule has 4 rings (SSSR count). The summed E-state index contributed by atoms with van der Waals surface area (Å²) in [5.74, 6) is 1.12. The zero-order chi connectivity index (χ0) is 18.8. The predicted octanol–water partition coefficient (Wildman–Crippen LogP) is 2.53. The lowest BCUT2D eigenvalue weighted by Crippen LogP contribution is -2.39. The number of aromatic nitrogens is 1. The predicted molar refractivity (Wildman–Crippen MR) is 100.0 cm³/mol. The summed E-state index contributed by atoms with van der Waals surface area (Å²) in [5, 5.41) is 4.17. The van der Waals surface area contributed by atoms with E-state index in [0.717, 1.165) is 42.7 Å². The van der Waals surface area contributed by atoms with Gasteiger partial charge in [0, 0.05) is 37.9 Å². The number of likely N-dealkylation sites (tertiary alicyclic amines) is 1. The lowest BCUT2D eigenvalue weighted by Gasteiger charge is -2.22. The Labute approximate surface area is 159 Å². The number of amides is 2. The number of hydrogen-bond acceptors (Lipinski definition) is 4. The Morgan fingerprint density at radius 1 is 1.26 bits per heavy atom. The first-order chi connectivity index (χ1) is 13.1. The van der Waals surface area contributed by atoms with Crippen LogP contribution in [0, 0.1) is 0 Å². The molecule has 1 aliphatic carbocycles. The van der Waals surface area contributed by atoms with Crippen molar-refractivity contribution in [3.63, 3.8) is 0 Å². The minimum atomic E-state index is -0.0652. The molecule has 0 N–H and O–H groups in total. The molecule has 0 unspecified atom stereocenters. The maximum absolute atomic E-state index is 12.7. The van der Waals surface area contributed by atoms with E-state index < -0.39 is 0 Å². The number of fused-ring (bicyclic) bond motifs is 1. The number of benzene rings is 1. The van der Waals surface area contributed by atoms with Gasteiger partial charge in [-0.3, -0.25) is 9.59 Å². The second-order valence-electron chi connectivity index (χ2n) is 7.57. The lowest BCUT2D eigenvalue weighted by atomic mass is 9.96. The van der Waals surface area contributed by atoms with Crippen LogP contribution < -0.4 is 0 Å². The fraction of sp³-hybridized carbons (Fsp3) is 0.476. The molecule has 1 aromatic heterocycles. The molecular formula is C21H25N3O3. The van der Waals surface area contributed by atoms with Crippen LogP contribution in [0.25, 0.3) is 0 Å². The Kier molecular flexibility index (Phi) is 4.97. The van der Waals surface area contributed by atoms with Gasteiger partial charge in [0.1, 0.15) is 11.5 Å². The summed E-state index contributed by atoms with van der Waals surface area (Å²) >= 11 is 0. The van der Waals surface area contributed by atoms with Crippen molar-refractivity contribution < 1.29 is 14.1 Å². The summed E-state index contributed by atoms with van der Waals surface area (Å²) in [6.45, 7) is 1.16. The van der Waals surface area contributed by atoms with Crippen molar-refractivity contribution >= 4 is 11.8 Å². The van der Waals surface area contributed by atoms with Crippen LogP contribution in [0.1, 0.15) is 47.8 Å². The van der Waals surface area contributed by atoms with Gasteiger partial charge in [-0.15, -0.1) is 0 Å². The maximum atomic E-state index is 12.7. The number of carbonyl (C=O) groups excluding carboxylic acids is 2. The highest BCUT2D eigenvalue weighted by Crippen LogP contribution is 2.28. The fourth-order valence-corrected chi connectivity index (χ4v) is 4.04. The van der Waals surface area contributed by atoms with Crippen LogP contribution in [0.5, 0.6) is 0 Å². The van der Waals surface area contributed by atoms with E-state index in [1.54, 1.807) is 16.8 Å². The first-order valence-corrected chi connectivity index (χ1v) is 9.65. The minimum Gasteiger partial charge on any atom is -0.361 e. The van der Waals surface area contributed by atoms with Gasteiger partial charge in [-0.2, -0.15) is 0 Å². The summed E-state index contributed by atoms with van der Waals surface area (Å²) < 4.78 is 5.43. The molecule has 0 spiro atoms. The van der Waals surface area contributed by atoms with Crippen molar-refractivity contribution in [3.8, 4) is 0 Å². The summed E-state index contributed by atoms with van der Waals surface area (Å²) in [6.07, 6.45) is 4.65. The van der Waals surface area contributed by atoms with Crippen LogP contribution in [-0.2, 0) is 29.0 Å². The van der Waals surface area contributed by atoms with Gasteiger partial charge in [0.2, 0.25) is 11.8 Å². The summed E-state index contributed by atoms with van der Waals surface area (Å²) in [7, 11) is 1.77. The third-order valence-electron chi connectivity index (χ3n) is 5.66. The van der Waals surface area contributed by atoms with Crippen molar-refractivity contribution in [2.24, 2.45) is 0 Å². The molecule has 6 nitrogen and oxygen atoms in total. The van der Waals surface area contributed by atoms with E-state index >= 15 is 0 Å². The van der Waals surface area contributed by atoms with Gasteiger partial charge < -0.3 is 14.3 Å². The molecule has 2 aromatic rings. The molecule has 1 aliphatic heterocycles. The van der Waals surface area contributed by atoms with Crippen LogP contribution in [0.15, 0.2) is 34.9 Å². The number of aryl methyl sites for hydroxylation is 1. The minimum absolute atomic E-state index is 0.0458. The molecule has 2 heterocycles. The van der Waals surface area contributed by atoms with E-state index in [1.807, 2.05) is 30.3 Å². The van der Waals surface area contributed by atoms with E-state index in [2.05, 4.69) is 5.16 Å². The Morgan fingerprint density at radius 2 is 2.04 bits per heavy atom. The van der Waals surface area contributed by atoms with Gasteiger partial charge in [0.25, 0.3) is 0 Å². The highest BCUT2D eigenvalue weighted by atomic mass is 16.5. The van der Waals surface area contributed by atoms with Crippen LogP contribution in [0.3, 0.4) is 0 Å². The zero-order valence-corrected chi connectivity index (χ0v) is 15.7. The molecule has 2 aliphatic rings. The average Bonchev–Trinajstić information content (AvgIpc) is 3.26. The van der Waals surface area contributed by atoms with Crippen molar-refractivity contribution in [2.75, 3.05) is 20.1 Å². The molecule has 0 radical (unpaired) electrons. The topological polar surface area (TPSA) is 66.7 Å². The molecular weight excluding hydrogens is 342 g/mol. The van der Waals surface area contributed by atoms with Crippen LogP contribution >= 0.6 is 0 Å². The van der Waals surface area contributed by atoms with Gasteiger partial charge in [-0.05, 0) is 24.8 Å². The monoisotopic (exact) mass is 367 g/mol. The standard InChI is InChI=1S/C21H25N3O3/c1-23(13-18-17-9-5-6-10-19(17)27-22-18)21(26)14-24-12-16(11-20(24)25)15-7-3-2-4-8-15/h2-4,7-8,16H,5-6,9-14H2,1H3/t16-/m0/s1. The number of carbonyl (C=O) groups is 2. The second-order valence-corrected chi connectivity index (χ2v) is 7.57. The average molecular weight is 367 g/mol. The Morgan fingerprint density at radius 3 is 2.85 bits per heavy atom. The SMILES string of the molecule is CN(Cc1noc2c1CCCC2)C(=O)CN1C[C@@H](c2ccccc2)CC1=O. The smallest absolute Gasteiger partial charge is 0.242 e. The first-order valence-electron chi connectivity index (χ1n) is 9.65. The molecule has 27 heavy (non-hydrogen) atoms. The van der Waals surface area contributed by atoms with Crippen LogP contribution in [-0.4, -0.2) is 46.9 Å². The number of hydrogen-bond donors (Lipinski definition) is 0. The van der Waals surface area contributed by atoms with Gasteiger partial charge in [0.15, 0.2) is 0 Å². The molecule has 0 bridgehead atoms. The Hall–Kier alpha value is -2.63. The number of nitrogens with zero attached hydrogens (tertiary/aromatic N) is 3. The highest BCUT2D eigenvalue weighted by Gasteiger charge is 2.32. The Balaban J connectivity index is 1.36. The molecule has 1 atom stereocenters. The van der Waals surface area contributed by atoms with Crippen molar-refractivity contribution in [1.82, 2.24) is 15.0 Å². The molecule has 142 valence electrons. The normalized spacial score (nSPS) is 19.2. The van der Waals surface area contributed by atoms with Crippen LogP contribution in [0.2, 0.25) is 0 Å². The number of likely N-dealkylation sites (N-methyl/N-ethyl adjacent to an activating group) is 1. The van der Waals surface area contributed by atoms with E-state index in [-0.39, 0.29) is 24.3 Å². The van der Waals surface area contributed by atoms with Crippen LogP contribution in [0.4, 0.5) is 0 Å². The van der Waals surface area contributed by atoms with Gasteiger partial charge in [0.05, 0.1) is 13.1 Å². The maximum Gasteiger partial charge on any atom is 0.242 e.